The molecule has 0 atom stereocenters. The van der Waals surface area contributed by atoms with Crippen LogP contribution in [0.25, 0.3) is 0 Å². The Bertz CT molecular complexity index is 260. The summed E-state index contributed by atoms with van der Waals surface area (Å²) in [5.74, 6) is -0.340. The van der Waals surface area contributed by atoms with Crippen molar-refractivity contribution >= 4 is 11.6 Å². The molecule has 2 N–H and O–H groups in total. The van der Waals surface area contributed by atoms with Crippen LogP contribution in [0.1, 0.15) is 20.3 Å². The van der Waals surface area contributed by atoms with Crippen LogP contribution in [0.15, 0.2) is 11.8 Å². The lowest BCUT2D eigenvalue weighted by Crippen LogP contribution is -2.20. The van der Waals surface area contributed by atoms with Crippen LogP contribution < -0.4 is 5.32 Å². The fourth-order valence-electron chi connectivity index (χ4n) is 0.697. The van der Waals surface area contributed by atoms with Gasteiger partial charge >= 0.3 is 0 Å². The van der Waals surface area contributed by atoms with Gasteiger partial charge in [0, 0.05) is 11.4 Å². The van der Waals surface area contributed by atoms with Crippen LogP contribution in [0.2, 0.25) is 0 Å². The largest absolute Gasteiger partial charge is 0.329 e. The number of nitrogens with one attached hydrogen (secondary N) is 2. The topological polar surface area (TPSA) is 76.7 Å². The molecule has 0 spiro atoms. The SMILES string of the molecule is CC(=N)/C=C(/C)NC(=O)CC#N. The quantitative estimate of drug-likeness (QED) is 0.611. The van der Waals surface area contributed by atoms with Crippen molar-refractivity contribution in [3.8, 4) is 6.07 Å². The Hall–Kier alpha value is -1.63. The smallest absolute Gasteiger partial charge is 0.238 e. The summed E-state index contributed by atoms with van der Waals surface area (Å²) >= 11 is 0. The molecule has 0 aliphatic carbocycles. The van der Waals surface area contributed by atoms with Gasteiger partial charge in [-0.05, 0) is 19.9 Å². The van der Waals surface area contributed by atoms with Gasteiger partial charge in [0.25, 0.3) is 0 Å². The van der Waals surface area contributed by atoms with Crippen LogP contribution in [-0.2, 0) is 4.79 Å². The molecule has 0 heterocycles. The molecule has 0 aromatic rings. The van der Waals surface area contributed by atoms with Gasteiger partial charge in [-0.1, -0.05) is 0 Å². The van der Waals surface area contributed by atoms with Crippen molar-refractivity contribution in [2.45, 2.75) is 20.3 Å². The fraction of sp³-hybridized carbons (Fsp3) is 0.375. The van der Waals surface area contributed by atoms with E-state index in [-0.39, 0.29) is 12.3 Å². The van der Waals surface area contributed by atoms with Crippen LogP contribution in [-0.4, -0.2) is 11.6 Å². The molecule has 4 nitrogen and oxygen atoms in total. The molecule has 0 bridgehead atoms. The minimum absolute atomic E-state index is 0.151. The van der Waals surface area contributed by atoms with Crippen LogP contribution in [0.5, 0.6) is 0 Å². The first kappa shape index (κ1) is 10.4. The van der Waals surface area contributed by atoms with Crippen molar-refractivity contribution in [2.75, 3.05) is 0 Å². The normalized spacial score (nSPS) is 10.2. The van der Waals surface area contributed by atoms with Crippen molar-refractivity contribution in [2.24, 2.45) is 0 Å². The number of amides is 1. The van der Waals surface area contributed by atoms with E-state index in [1.807, 2.05) is 0 Å². The van der Waals surface area contributed by atoms with E-state index in [9.17, 15) is 4.79 Å². The molecule has 12 heavy (non-hydrogen) atoms. The molecule has 0 aliphatic heterocycles. The first-order valence-corrected chi connectivity index (χ1v) is 3.46. The lowest BCUT2D eigenvalue weighted by molar-refractivity contribution is -0.119. The number of allylic oxidation sites excluding steroid dienone is 2. The minimum atomic E-state index is -0.340. The Balaban J connectivity index is 4.02. The van der Waals surface area contributed by atoms with Gasteiger partial charge in [0.05, 0.1) is 6.07 Å². The van der Waals surface area contributed by atoms with Gasteiger partial charge in [0.1, 0.15) is 6.42 Å². The predicted octanol–water partition coefficient (Wildman–Crippen LogP) is 0.960. The highest BCUT2D eigenvalue weighted by Crippen LogP contribution is 1.88. The van der Waals surface area contributed by atoms with Crippen molar-refractivity contribution < 1.29 is 4.79 Å². The molecule has 0 aromatic carbocycles. The van der Waals surface area contributed by atoms with E-state index in [0.29, 0.717) is 11.4 Å². The summed E-state index contributed by atoms with van der Waals surface area (Å²) in [4.78, 5) is 10.8. The Kier molecular flexibility index (Phi) is 4.39. The van der Waals surface area contributed by atoms with Crippen LogP contribution in [0.3, 0.4) is 0 Å². The molecule has 0 unspecified atom stereocenters. The highest BCUT2D eigenvalue weighted by atomic mass is 16.1. The standard InChI is InChI=1S/C8H11N3O/c1-6(10)5-7(2)11-8(12)3-4-9/h5,10H,3H2,1-2H3,(H,11,12)/b7-5-,10-6?. The highest BCUT2D eigenvalue weighted by Gasteiger charge is 1.98. The van der Waals surface area contributed by atoms with E-state index < -0.39 is 0 Å². The van der Waals surface area contributed by atoms with Crippen LogP contribution in [0, 0.1) is 16.7 Å². The Morgan fingerprint density at radius 3 is 2.67 bits per heavy atom. The molecule has 1 amide bonds. The molecule has 0 aliphatic rings. The van der Waals surface area contributed by atoms with Crippen molar-refractivity contribution in [1.29, 1.82) is 10.7 Å². The molecular weight excluding hydrogens is 154 g/mol. The summed E-state index contributed by atoms with van der Waals surface area (Å²) in [5, 5.41) is 17.7. The lowest BCUT2D eigenvalue weighted by atomic mass is 10.3. The molecule has 0 radical (unpaired) electrons. The lowest BCUT2D eigenvalue weighted by Gasteiger charge is -2.00. The van der Waals surface area contributed by atoms with Gasteiger partial charge in [-0.25, -0.2) is 0 Å². The molecular formula is C8H11N3O. The van der Waals surface area contributed by atoms with Crippen LogP contribution >= 0.6 is 0 Å². The second-order valence-corrected chi connectivity index (χ2v) is 2.39. The fourth-order valence-corrected chi connectivity index (χ4v) is 0.697. The first-order chi connectivity index (χ1) is 5.56. The van der Waals surface area contributed by atoms with E-state index in [1.54, 1.807) is 19.9 Å². The predicted molar refractivity (Wildman–Crippen MR) is 45.5 cm³/mol. The van der Waals surface area contributed by atoms with E-state index in [2.05, 4.69) is 5.32 Å². The van der Waals surface area contributed by atoms with Gasteiger partial charge in [0.15, 0.2) is 0 Å². The number of hydrogen-bond donors (Lipinski definition) is 2. The average molecular weight is 165 g/mol. The highest BCUT2D eigenvalue weighted by molar-refractivity contribution is 5.91. The minimum Gasteiger partial charge on any atom is -0.329 e. The van der Waals surface area contributed by atoms with Crippen molar-refractivity contribution in [3.63, 3.8) is 0 Å². The first-order valence-electron chi connectivity index (χ1n) is 3.46. The second-order valence-electron chi connectivity index (χ2n) is 2.39. The zero-order valence-corrected chi connectivity index (χ0v) is 7.14. The average Bonchev–Trinajstić information content (AvgIpc) is 1.84. The van der Waals surface area contributed by atoms with Gasteiger partial charge < -0.3 is 10.7 Å². The Labute approximate surface area is 71.4 Å². The third-order valence-electron chi connectivity index (χ3n) is 1.01. The molecule has 0 aromatic heterocycles. The number of carbonyl (C=O) groups excluding carboxylic acids is 1. The summed E-state index contributed by atoms with van der Waals surface area (Å²) in [5.41, 5.74) is 0.951. The maximum atomic E-state index is 10.8. The third-order valence-corrected chi connectivity index (χ3v) is 1.01. The summed E-state index contributed by atoms with van der Waals surface area (Å²) < 4.78 is 0. The van der Waals surface area contributed by atoms with Gasteiger partial charge in [-0.2, -0.15) is 5.26 Å². The Morgan fingerprint density at radius 2 is 2.25 bits per heavy atom. The van der Waals surface area contributed by atoms with Gasteiger partial charge in [-0.3, -0.25) is 4.79 Å². The monoisotopic (exact) mass is 165 g/mol. The number of nitrogens with zero attached hydrogens (tertiary/aromatic N) is 1. The summed E-state index contributed by atoms with van der Waals surface area (Å²) in [6.45, 7) is 3.28. The number of hydrogen-bond acceptors (Lipinski definition) is 3. The summed E-state index contributed by atoms with van der Waals surface area (Å²) in [7, 11) is 0. The van der Waals surface area contributed by atoms with E-state index in [1.165, 1.54) is 6.08 Å². The molecule has 0 saturated heterocycles. The second kappa shape index (κ2) is 5.08. The number of rotatable bonds is 3. The third kappa shape index (κ3) is 5.18. The van der Waals surface area contributed by atoms with E-state index in [0.717, 1.165) is 0 Å². The zero-order valence-electron chi connectivity index (χ0n) is 7.14. The number of nitriles is 1. The molecule has 0 rings (SSSR count). The maximum absolute atomic E-state index is 10.8. The molecule has 0 saturated carbocycles. The summed E-state index contributed by atoms with van der Waals surface area (Å²) in [6.07, 6.45) is 1.37. The molecule has 4 heteroatoms. The van der Waals surface area contributed by atoms with Crippen molar-refractivity contribution in [3.05, 3.63) is 11.8 Å². The molecule has 64 valence electrons. The maximum Gasteiger partial charge on any atom is 0.238 e. The van der Waals surface area contributed by atoms with Crippen LogP contribution in [0.4, 0.5) is 0 Å². The zero-order chi connectivity index (χ0) is 9.56. The molecule has 0 fully saturated rings. The van der Waals surface area contributed by atoms with E-state index >= 15 is 0 Å². The van der Waals surface area contributed by atoms with Gasteiger partial charge in [0.2, 0.25) is 5.91 Å². The Morgan fingerprint density at radius 1 is 1.67 bits per heavy atom. The summed E-state index contributed by atoms with van der Waals surface area (Å²) in [6, 6.07) is 1.73. The number of carbonyl (C=O) groups is 1. The van der Waals surface area contributed by atoms with Gasteiger partial charge in [-0.15, -0.1) is 0 Å². The van der Waals surface area contributed by atoms with E-state index in [4.69, 9.17) is 10.7 Å². The van der Waals surface area contributed by atoms with Crippen molar-refractivity contribution in [1.82, 2.24) is 5.32 Å².